The summed E-state index contributed by atoms with van der Waals surface area (Å²) < 4.78 is 6.77. The number of aromatic nitrogens is 2. The Labute approximate surface area is 102 Å². The average Bonchev–Trinajstić information content (AvgIpc) is 2.75. The zero-order valence-corrected chi connectivity index (χ0v) is 10.9. The van der Waals surface area contributed by atoms with Crippen molar-refractivity contribution < 1.29 is 9.53 Å². The number of ether oxygens (including phenoxy) is 1. The predicted octanol–water partition coefficient (Wildman–Crippen LogP) is 1.66. The van der Waals surface area contributed by atoms with E-state index in [2.05, 4.69) is 4.98 Å². The van der Waals surface area contributed by atoms with Gasteiger partial charge in [0.2, 0.25) is 0 Å². The summed E-state index contributed by atoms with van der Waals surface area (Å²) in [6.45, 7) is 8.03. The van der Waals surface area contributed by atoms with Crippen molar-refractivity contribution >= 4 is 5.97 Å². The molecule has 1 aromatic heterocycles. The maximum atomic E-state index is 11.7. The number of imidazole rings is 1. The maximum Gasteiger partial charge on any atom is 0.328 e. The summed E-state index contributed by atoms with van der Waals surface area (Å²) in [6.07, 6.45) is 3.33. The van der Waals surface area contributed by atoms with Crippen molar-refractivity contribution in [1.82, 2.24) is 9.55 Å². The first-order valence-corrected chi connectivity index (χ1v) is 5.93. The van der Waals surface area contributed by atoms with E-state index < -0.39 is 6.04 Å². The van der Waals surface area contributed by atoms with Crippen molar-refractivity contribution in [3.05, 3.63) is 18.2 Å². The average molecular weight is 239 g/mol. The van der Waals surface area contributed by atoms with Gasteiger partial charge in [-0.2, -0.15) is 0 Å². The molecule has 96 valence electrons. The highest BCUT2D eigenvalue weighted by molar-refractivity contribution is 5.73. The van der Waals surface area contributed by atoms with E-state index in [9.17, 15) is 4.79 Å². The highest BCUT2D eigenvalue weighted by Gasteiger charge is 2.22. The number of esters is 1. The van der Waals surface area contributed by atoms with E-state index in [1.165, 1.54) is 0 Å². The van der Waals surface area contributed by atoms with Crippen LogP contribution in [0, 0.1) is 5.92 Å². The number of hydrogen-bond donors (Lipinski definition) is 1. The number of rotatable bonds is 5. The number of nitrogens with zero attached hydrogens (tertiary/aromatic N) is 2. The first kappa shape index (κ1) is 13.7. The summed E-state index contributed by atoms with van der Waals surface area (Å²) >= 11 is 0. The molecule has 2 atom stereocenters. The largest absolute Gasteiger partial charge is 0.464 e. The molecule has 2 N–H and O–H groups in total. The molecule has 0 fully saturated rings. The van der Waals surface area contributed by atoms with Crippen molar-refractivity contribution in [1.29, 1.82) is 0 Å². The lowest BCUT2D eigenvalue weighted by atomic mass is 10.0. The van der Waals surface area contributed by atoms with Gasteiger partial charge in [-0.15, -0.1) is 0 Å². The van der Waals surface area contributed by atoms with Crippen molar-refractivity contribution in [2.45, 2.75) is 39.8 Å². The Bertz CT molecular complexity index is 374. The van der Waals surface area contributed by atoms with Gasteiger partial charge in [0.15, 0.2) is 0 Å². The molecule has 0 aliphatic rings. The van der Waals surface area contributed by atoms with Crippen molar-refractivity contribution in [2.75, 3.05) is 6.61 Å². The maximum absolute atomic E-state index is 11.7. The Hall–Kier alpha value is -1.36. The fourth-order valence-electron chi connectivity index (χ4n) is 1.61. The van der Waals surface area contributed by atoms with E-state index in [1.54, 1.807) is 30.9 Å². The molecule has 1 heterocycles. The topological polar surface area (TPSA) is 70.1 Å². The molecule has 0 saturated heterocycles. The molecule has 0 aliphatic heterocycles. The van der Waals surface area contributed by atoms with Gasteiger partial charge in [-0.3, -0.25) is 0 Å². The van der Waals surface area contributed by atoms with Crippen LogP contribution in [0.2, 0.25) is 0 Å². The second-order valence-electron chi connectivity index (χ2n) is 4.42. The van der Waals surface area contributed by atoms with Crippen LogP contribution in [0.25, 0.3) is 0 Å². The summed E-state index contributed by atoms with van der Waals surface area (Å²) in [4.78, 5) is 15.7. The van der Waals surface area contributed by atoms with Crippen LogP contribution in [0.4, 0.5) is 0 Å². The summed E-state index contributed by atoms with van der Waals surface area (Å²) in [5.74, 6) is 0.0301. The summed E-state index contributed by atoms with van der Waals surface area (Å²) in [5, 5.41) is 0. The van der Waals surface area contributed by atoms with Crippen molar-refractivity contribution in [3.63, 3.8) is 0 Å². The third-order valence-electron chi connectivity index (χ3n) is 2.80. The van der Waals surface area contributed by atoms with Crippen molar-refractivity contribution in [3.8, 4) is 0 Å². The number of carbonyl (C=O) groups excluding carboxylic acids is 1. The van der Waals surface area contributed by atoms with Crippen molar-refractivity contribution in [2.24, 2.45) is 11.7 Å². The fourth-order valence-corrected chi connectivity index (χ4v) is 1.61. The molecule has 5 heteroatoms. The molecule has 0 aromatic carbocycles. The van der Waals surface area contributed by atoms with Crippen LogP contribution in [0.3, 0.4) is 0 Å². The first-order chi connectivity index (χ1) is 7.99. The molecule has 0 bridgehead atoms. The van der Waals surface area contributed by atoms with Gasteiger partial charge in [0.25, 0.3) is 0 Å². The highest BCUT2D eigenvalue weighted by Crippen LogP contribution is 2.22. The minimum atomic E-state index is -0.391. The van der Waals surface area contributed by atoms with Crippen LogP contribution in [0.5, 0.6) is 0 Å². The Kier molecular flexibility index (Phi) is 4.69. The van der Waals surface area contributed by atoms with E-state index in [0.29, 0.717) is 12.5 Å². The van der Waals surface area contributed by atoms with Gasteiger partial charge in [0.05, 0.1) is 18.6 Å². The van der Waals surface area contributed by atoms with Gasteiger partial charge in [0, 0.05) is 12.2 Å². The predicted molar refractivity (Wildman–Crippen MR) is 65.3 cm³/mol. The van der Waals surface area contributed by atoms with Gasteiger partial charge < -0.3 is 15.0 Å². The molecule has 0 spiro atoms. The van der Waals surface area contributed by atoms with Gasteiger partial charge >= 0.3 is 5.97 Å². The summed E-state index contributed by atoms with van der Waals surface area (Å²) in [6, 6.07) is -0.522. The third-order valence-corrected chi connectivity index (χ3v) is 2.80. The van der Waals surface area contributed by atoms with E-state index >= 15 is 0 Å². The van der Waals surface area contributed by atoms with Crippen LogP contribution < -0.4 is 5.73 Å². The fraction of sp³-hybridized carbons (Fsp3) is 0.667. The molecule has 0 aliphatic carbocycles. The molecule has 1 aromatic rings. The Morgan fingerprint density at radius 2 is 2.18 bits per heavy atom. The van der Waals surface area contributed by atoms with Crippen LogP contribution in [0.15, 0.2) is 12.5 Å². The van der Waals surface area contributed by atoms with E-state index in [4.69, 9.17) is 10.5 Å². The molecule has 1 rings (SSSR count). The summed E-state index contributed by atoms with van der Waals surface area (Å²) in [7, 11) is 0. The van der Waals surface area contributed by atoms with Gasteiger partial charge in [0.1, 0.15) is 6.04 Å². The Morgan fingerprint density at radius 3 is 2.71 bits per heavy atom. The molecule has 5 nitrogen and oxygen atoms in total. The molecular formula is C12H21N3O2. The van der Waals surface area contributed by atoms with E-state index in [-0.39, 0.29) is 12.0 Å². The lowest BCUT2D eigenvalue weighted by molar-refractivity contribution is -0.146. The smallest absolute Gasteiger partial charge is 0.328 e. The number of hydrogen-bond acceptors (Lipinski definition) is 4. The quantitative estimate of drug-likeness (QED) is 0.793. The number of nitrogens with two attached hydrogens (primary N) is 1. The minimum absolute atomic E-state index is 0.130. The zero-order chi connectivity index (χ0) is 13.0. The zero-order valence-electron chi connectivity index (χ0n) is 10.9. The monoisotopic (exact) mass is 239 g/mol. The van der Waals surface area contributed by atoms with E-state index in [1.807, 2.05) is 13.8 Å². The Morgan fingerprint density at radius 1 is 1.53 bits per heavy atom. The van der Waals surface area contributed by atoms with Gasteiger partial charge in [-0.1, -0.05) is 13.8 Å². The highest BCUT2D eigenvalue weighted by atomic mass is 16.5. The first-order valence-electron chi connectivity index (χ1n) is 5.93. The molecule has 0 amide bonds. The molecule has 0 radical (unpaired) electrons. The number of carbonyl (C=O) groups is 1. The molecule has 0 saturated carbocycles. The molecule has 17 heavy (non-hydrogen) atoms. The normalized spacial score (nSPS) is 14.7. The SMILES string of the molecule is CCOC(=O)C(C)n1cncc1C(N)C(C)C. The van der Waals surface area contributed by atoms with Crippen LogP contribution in [0.1, 0.15) is 45.5 Å². The Balaban J connectivity index is 2.91. The van der Waals surface area contributed by atoms with Gasteiger partial charge in [-0.25, -0.2) is 9.78 Å². The lowest BCUT2D eigenvalue weighted by Gasteiger charge is -2.21. The minimum Gasteiger partial charge on any atom is -0.464 e. The van der Waals surface area contributed by atoms with Crippen LogP contribution in [-0.2, 0) is 9.53 Å². The summed E-state index contributed by atoms with van der Waals surface area (Å²) in [5.41, 5.74) is 6.94. The third kappa shape index (κ3) is 3.06. The van der Waals surface area contributed by atoms with Crippen LogP contribution >= 0.6 is 0 Å². The molecule has 2 unspecified atom stereocenters. The molecular weight excluding hydrogens is 218 g/mol. The van der Waals surface area contributed by atoms with Gasteiger partial charge in [-0.05, 0) is 19.8 Å². The standard InChI is InChI=1S/C12H21N3O2/c1-5-17-12(16)9(4)15-7-14-6-10(15)11(13)8(2)3/h6-9,11H,5,13H2,1-4H3. The van der Waals surface area contributed by atoms with E-state index in [0.717, 1.165) is 5.69 Å². The van der Waals surface area contributed by atoms with Crippen LogP contribution in [-0.4, -0.2) is 22.1 Å². The lowest BCUT2D eigenvalue weighted by Crippen LogP contribution is -2.25. The second kappa shape index (κ2) is 5.82. The second-order valence-corrected chi connectivity index (χ2v) is 4.42.